The maximum absolute atomic E-state index is 13.0. The lowest BCUT2D eigenvalue weighted by Gasteiger charge is -2.26. The van der Waals surface area contributed by atoms with E-state index >= 15 is 0 Å². The highest BCUT2D eigenvalue weighted by Crippen LogP contribution is 2.40. The third-order valence-corrected chi connectivity index (χ3v) is 4.40. The fourth-order valence-corrected chi connectivity index (χ4v) is 3.07. The van der Waals surface area contributed by atoms with Crippen molar-refractivity contribution in [1.29, 1.82) is 0 Å². The minimum atomic E-state index is -0.443. The number of benzene rings is 2. The van der Waals surface area contributed by atoms with Crippen molar-refractivity contribution in [2.45, 2.75) is 19.8 Å². The SMILES string of the molecule is COc1ccc(C2COc3c(ccc(OC(C)=O)c3C)C2=O)cc1OC. The minimum Gasteiger partial charge on any atom is -0.493 e. The highest BCUT2D eigenvalue weighted by atomic mass is 16.5. The molecule has 0 saturated heterocycles. The number of rotatable bonds is 4. The van der Waals surface area contributed by atoms with Crippen LogP contribution in [0, 0.1) is 6.92 Å². The van der Waals surface area contributed by atoms with Crippen molar-refractivity contribution < 1.29 is 28.5 Å². The number of esters is 1. The molecule has 1 aliphatic rings. The smallest absolute Gasteiger partial charge is 0.308 e. The number of ketones is 1. The molecule has 0 N–H and O–H groups in total. The van der Waals surface area contributed by atoms with Gasteiger partial charge in [-0.15, -0.1) is 0 Å². The van der Waals surface area contributed by atoms with Crippen LogP contribution in [0.5, 0.6) is 23.0 Å². The Labute approximate surface area is 151 Å². The monoisotopic (exact) mass is 356 g/mol. The second-order valence-corrected chi connectivity index (χ2v) is 6.00. The molecule has 26 heavy (non-hydrogen) atoms. The first-order valence-electron chi connectivity index (χ1n) is 8.17. The zero-order valence-corrected chi connectivity index (χ0v) is 15.1. The first-order valence-corrected chi connectivity index (χ1v) is 8.17. The molecule has 1 atom stereocenters. The lowest BCUT2D eigenvalue weighted by atomic mass is 9.88. The first-order chi connectivity index (χ1) is 12.5. The standard InChI is InChI=1S/C20H20O6/c1-11-16(26-12(2)21)8-6-14-19(22)15(10-25-20(11)14)13-5-7-17(23-3)18(9-13)24-4/h5-9,15H,10H2,1-4H3. The lowest BCUT2D eigenvalue weighted by molar-refractivity contribution is -0.131. The van der Waals surface area contributed by atoms with Crippen molar-refractivity contribution in [1.82, 2.24) is 0 Å². The molecule has 0 spiro atoms. The number of methoxy groups -OCH3 is 2. The molecule has 6 nitrogen and oxygen atoms in total. The van der Waals surface area contributed by atoms with Gasteiger partial charge in [0.25, 0.3) is 0 Å². The Morgan fingerprint density at radius 3 is 2.42 bits per heavy atom. The Morgan fingerprint density at radius 2 is 1.77 bits per heavy atom. The van der Waals surface area contributed by atoms with E-state index in [-0.39, 0.29) is 12.4 Å². The van der Waals surface area contributed by atoms with E-state index in [0.717, 1.165) is 5.56 Å². The van der Waals surface area contributed by atoms with Gasteiger partial charge in [0.1, 0.15) is 18.1 Å². The molecular weight excluding hydrogens is 336 g/mol. The van der Waals surface area contributed by atoms with Crippen LogP contribution in [-0.4, -0.2) is 32.6 Å². The van der Waals surface area contributed by atoms with E-state index in [1.54, 1.807) is 45.4 Å². The minimum absolute atomic E-state index is 0.0454. The van der Waals surface area contributed by atoms with Gasteiger partial charge in [0.2, 0.25) is 0 Å². The summed E-state index contributed by atoms with van der Waals surface area (Å²) in [5.41, 5.74) is 1.90. The van der Waals surface area contributed by atoms with Crippen LogP contribution >= 0.6 is 0 Å². The largest absolute Gasteiger partial charge is 0.493 e. The summed E-state index contributed by atoms with van der Waals surface area (Å²) >= 11 is 0. The summed E-state index contributed by atoms with van der Waals surface area (Å²) in [6, 6.07) is 8.64. The van der Waals surface area contributed by atoms with Crippen LogP contribution in [0.2, 0.25) is 0 Å². The molecule has 0 aliphatic carbocycles. The lowest BCUT2D eigenvalue weighted by Crippen LogP contribution is -2.26. The van der Waals surface area contributed by atoms with E-state index in [0.29, 0.717) is 34.1 Å². The van der Waals surface area contributed by atoms with Gasteiger partial charge in [-0.1, -0.05) is 6.07 Å². The predicted octanol–water partition coefficient (Wildman–Crippen LogP) is 3.30. The van der Waals surface area contributed by atoms with Gasteiger partial charge in [0.05, 0.1) is 25.7 Å². The third-order valence-electron chi connectivity index (χ3n) is 4.40. The van der Waals surface area contributed by atoms with Crippen LogP contribution in [0.3, 0.4) is 0 Å². The number of fused-ring (bicyclic) bond motifs is 1. The molecule has 0 amide bonds. The summed E-state index contributed by atoms with van der Waals surface area (Å²) in [4.78, 5) is 24.2. The van der Waals surface area contributed by atoms with Gasteiger partial charge in [-0.05, 0) is 36.8 Å². The Bertz CT molecular complexity index is 871. The quantitative estimate of drug-likeness (QED) is 0.618. The Balaban J connectivity index is 1.96. The van der Waals surface area contributed by atoms with Crippen molar-refractivity contribution in [3.05, 3.63) is 47.0 Å². The van der Waals surface area contributed by atoms with E-state index in [1.807, 2.05) is 6.07 Å². The first kappa shape index (κ1) is 17.8. The molecule has 2 aromatic rings. The number of Topliss-reactive ketones (excluding diaryl/α,β-unsaturated/α-hetero) is 1. The molecule has 1 heterocycles. The molecule has 2 aromatic carbocycles. The number of carbonyl (C=O) groups excluding carboxylic acids is 2. The van der Waals surface area contributed by atoms with Gasteiger partial charge >= 0.3 is 5.97 Å². The third kappa shape index (κ3) is 3.10. The Hall–Kier alpha value is -3.02. The molecule has 0 saturated carbocycles. The maximum Gasteiger partial charge on any atom is 0.308 e. The zero-order valence-electron chi connectivity index (χ0n) is 15.1. The molecular formula is C20H20O6. The molecule has 0 fully saturated rings. The van der Waals surface area contributed by atoms with E-state index in [2.05, 4.69) is 0 Å². The second kappa shape index (κ2) is 7.07. The zero-order chi connectivity index (χ0) is 18.8. The van der Waals surface area contributed by atoms with Crippen LogP contribution < -0.4 is 18.9 Å². The Kier molecular flexibility index (Phi) is 4.84. The second-order valence-electron chi connectivity index (χ2n) is 6.00. The summed E-state index contributed by atoms with van der Waals surface area (Å²) in [5, 5.41) is 0. The van der Waals surface area contributed by atoms with E-state index in [4.69, 9.17) is 18.9 Å². The fourth-order valence-electron chi connectivity index (χ4n) is 3.07. The number of carbonyl (C=O) groups is 2. The summed E-state index contributed by atoms with van der Waals surface area (Å²) in [7, 11) is 3.11. The van der Waals surface area contributed by atoms with Gasteiger partial charge < -0.3 is 18.9 Å². The maximum atomic E-state index is 13.0. The topological polar surface area (TPSA) is 71.1 Å². The fraction of sp³-hybridized carbons (Fsp3) is 0.300. The van der Waals surface area contributed by atoms with Gasteiger partial charge in [-0.3, -0.25) is 9.59 Å². The molecule has 1 unspecified atom stereocenters. The molecule has 0 radical (unpaired) electrons. The summed E-state index contributed by atoms with van der Waals surface area (Å²) in [6.45, 7) is 3.30. The average Bonchev–Trinajstić information content (AvgIpc) is 2.63. The average molecular weight is 356 g/mol. The van der Waals surface area contributed by atoms with E-state index < -0.39 is 11.9 Å². The van der Waals surface area contributed by atoms with E-state index in [1.165, 1.54) is 6.92 Å². The highest BCUT2D eigenvalue weighted by molar-refractivity contribution is 6.05. The summed E-state index contributed by atoms with van der Waals surface area (Å²) < 4.78 is 21.6. The normalized spacial score (nSPS) is 15.7. The molecule has 6 heteroatoms. The van der Waals surface area contributed by atoms with Crippen LogP contribution in [0.25, 0.3) is 0 Å². The van der Waals surface area contributed by atoms with Crippen molar-refractivity contribution in [3.8, 4) is 23.0 Å². The van der Waals surface area contributed by atoms with Gasteiger partial charge in [0, 0.05) is 12.5 Å². The molecule has 0 aromatic heterocycles. The molecule has 1 aliphatic heterocycles. The van der Waals surface area contributed by atoms with Crippen LogP contribution in [0.15, 0.2) is 30.3 Å². The van der Waals surface area contributed by atoms with E-state index in [9.17, 15) is 9.59 Å². The van der Waals surface area contributed by atoms with Crippen LogP contribution in [0.1, 0.15) is 34.3 Å². The number of hydrogen-bond acceptors (Lipinski definition) is 6. The van der Waals surface area contributed by atoms with Gasteiger partial charge in [-0.25, -0.2) is 0 Å². The molecule has 3 rings (SSSR count). The van der Waals surface area contributed by atoms with Crippen molar-refractivity contribution in [2.24, 2.45) is 0 Å². The van der Waals surface area contributed by atoms with Crippen LogP contribution in [-0.2, 0) is 4.79 Å². The number of hydrogen-bond donors (Lipinski definition) is 0. The highest BCUT2D eigenvalue weighted by Gasteiger charge is 2.32. The van der Waals surface area contributed by atoms with Crippen molar-refractivity contribution in [3.63, 3.8) is 0 Å². The summed E-state index contributed by atoms with van der Waals surface area (Å²) in [6.07, 6.45) is 0. The van der Waals surface area contributed by atoms with Gasteiger partial charge in [0.15, 0.2) is 17.3 Å². The van der Waals surface area contributed by atoms with Crippen molar-refractivity contribution >= 4 is 11.8 Å². The van der Waals surface area contributed by atoms with Gasteiger partial charge in [-0.2, -0.15) is 0 Å². The summed E-state index contributed by atoms with van der Waals surface area (Å²) in [5.74, 6) is 1.11. The molecule has 0 bridgehead atoms. The van der Waals surface area contributed by atoms with Crippen molar-refractivity contribution in [2.75, 3.05) is 20.8 Å². The Morgan fingerprint density at radius 1 is 1.08 bits per heavy atom. The predicted molar refractivity (Wildman–Crippen MR) is 94.6 cm³/mol. The van der Waals surface area contributed by atoms with Crippen LogP contribution in [0.4, 0.5) is 0 Å². The number of ether oxygens (including phenoxy) is 4. The molecule has 136 valence electrons.